The molecule has 0 atom stereocenters. The summed E-state index contributed by atoms with van der Waals surface area (Å²) < 4.78 is 5.84. The number of para-hydroxylation sites is 1. The van der Waals surface area contributed by atoms with Gasteiger partial charge < -0.3 is 15.1 Å². The first kappa shape index (κ1) is 15.6. The molecule has 3 aromatic rings. The summed E-state index contributed by atoms with van der Waals surface area (Å²) in [5.74, 6) is 1.35. The van der Waals surface area contributed by atoms with Crippen LogP contribution in [0.3, 0.4) is 0 Å². The van der Waals surface area contributed by atoms with E-state index in [1.165, 1.54) is 0 Å². The summed E-state index contributed by atoms with van der Waals surface area (Å²) in [7, 11) is 0. The van der Waals surface area contributed by atoms with Crippen molar-refractivity contribution >= 4 is 28.3 Å². The van der Waals surface area contributed by atoms with Gasteiger partial charge in [-0.2, -0.15) is 0 Å². The smallest absolute Gasteiger partial charge is 0.191 e. The Morgan fingerprint density at radius 2 is 2.09 bits per heavy atom. The molecule has 1 aromatic carbocycles. The van der Waals surface area contributed by atoms with Crippen molar-refractivity contribution < 1.29 is 4.42 Å². The molecule has 0 fully saturated rings. The SMILES string of the molecule is CCN(CC)C(N)=NCc1nc(-c2cc3ccccc3o2)cs1. The Hall–Kier alpha value is -2.34. The Labute approximate surface area is 139 Å². The number of hydrogen-bond acceptors (Lipinski definition) is 4. The number of nitrogens with zero attached hydrogens (tertiary/aromatic N) is 3. The average molecular weight is 328 g/mol. The number of benzene rings is 1. The summed E-state index contributed by atoms with van der Waals surface area (Å²) in [5.41, 5.74) is 7.71. The van der Waals surface area contributed by atoms with E-state index in [-0.39, 0.29) is 0 Å². The van der Waals surface area contributed by atoms with Crippen molar-refractivity contribution in [3.05, 3.63) is 40.7 Å². The minimum absolute atomic E-state index is 0.493. The minimum Gasteiger partial charge on any atom is -0.454 e. The van der Waals surface area contributed by atoms with E-state index in [4.69, 9.17) is 10.2 Å². The summed E-state index contributed by atoms with van der Waals surface area (Å²) in [4.78, 5) is 11.0. The molecule has 0 bridgehead atoms. The highest BCUT2D eigenvalue weighted by Crippen LogP contribution is 2.28. The van der Waals surface area contributed by atoms with Gasteiger partial charge in [-0.05, 0) is 26.0 Å². The number of thiazole rings is 1. The molecule has 5 nitrogen and oxygen atoms in total. The number of nitrogens with two attached hydrogens (primary N) is 1. The number of furan rings is 1. The molecule has 2 aromatic heterocycles. The van der Waals surface area contributed by atoms with Crippen LogP contribution in [-0.2, 0) is 6.54 Å². The van der Waals surface area contributed by atoms with E-state index in [1.807, 2.05) is 40.6 Å². The van der Waals surface area contributed by atoms with Crippen LogP contribution < -0.4 is 5.73 Å². The first-order valence-corrected chi connectivity index (χ1v) is 8.57. The third-order valence-corrected chi connectivity index (χ3v) is 4.53. The molecule has 23 heavy (non-hydrogen) atoms. The number of rotatable bonds is 5. The molecule has 0 spiro atoms. The highest BCUT2D eigenvalue weighted by Gasteiger charge is 2.10. The Balaban J connectivity index is 1.76. The molecule has 6 heteroatoms. The molecular weight excluding hydrogens is 308 g/mol. The monoisotopic (exact) mass is 328 g/mol. The predicted octanol–water partition coefficient (Wildman–Crippen LogP) is 3.71. The Kier molecular flexibility index (Phi) is 4.62. The number of aromatic nitrogens is 1. The molecular formula is C17H20N4OS. The van der Waals surface area contributed by atoms with E-state index in [0.29, 0.717) is 12.5 Å². The fraction of sp³-hybridized carbons (Fsp3) is 0.294. The summed E-state index contributed by atoms with van der Waals surface area (Å²) >= 11 is 1.57. The van der Waals surface area contributed by atoms with Crippen molar-refractivity contribution in [3.8, 4) is 11.5 Å². The van der Waals surface area contributed by atoms with Crippen LogP contribution >= 0.6 is 11.3 Å². The van der Waals surface area contributed by atoms with Crippen molar-refractivity contribution in [2.45, 2.75) is 20.4 Å². The summed E-state index contributed by atoms with van der Waals surface area (Å²) in [6.45, 7) is 6.33. The lowest BCUT2D eigenvalue weighted by molar-refractivity contribution is 0.458. The van der Waals surface area contributed by atoms with E-state index in [9.17, 15) is 0 Å². The minimum atomic E-state index is 0.493. The number of hydrogen-bond donors (Lipinski definition) is 1. The zero-order chi connectivity index (χ0) is 16.2. The Morgan fingerprint density at radius 1 is 1.30 bits per heavy atom. The molecule has 3 rings (SSSR count). The molecule has 0 aliphatic rings. The Morgan fingerprint density at radius 3 is 2.83 bits per heavy atom. The third-order valence-electron chi connectivity index (χ3n) is 3.69. The highest BCUT2D eigenvalue weighted by atomic mass is 32.1. The van der Waals surface area contributed by atoms with Crippen LogP contribution in [0.4, 0.5) is 0 Å². The van der Waals surface area contributed by atoms with Gasteiger partial charge in [0.2, 0.25) is 0 Å². The van der Waals surface area contributed by atoms with Gasteiger partial charge in [0.25, 0.3) is 0 Å². The number of guanidine groups is 1. The van der Waals surface area contributed by atoms with Gasteiger partial charge in [-0.1, -0.05) is 18.2 Å². The van der Waals surface area contributed by atoms with Crippen LogP contribution in [0.25, 0.3) is 22.4 Å². The molecule has 0 aliphatic carbocycles. The van der Waals surface area contributed by atoms with Gasteiger partial charge in [0, 0.05) is 23.9 Å². The van der Waals surface area contributed by atoms with Gasteiger partial charge in [0.15, 0.2) is 11.7 Å². The van der Waals surface area contributed by atoms with Crippen molar-refractivity contribution in [3.63, 3.8) is 0 Å². The molecule has 120 valence electrons. The number of aliphatic imine (C=N–C) groups is 1. The van der Waals surface area contributed by atoms with Crippen LogP contribution in [0.15, 0.2) is 45.1 Å². The largest absolute Gasteiger partial charge is 0.454 e. The maximum Gasteiger partial charge on any atom is 0.191 e. The quantitative estimate of drug-likeness (QED) is 0.572. The van der Waals surface area contributed by atoms with E-state index in [1.54, 1.807) is 11.3 Å². The normalized spacial score (nSPS) is 12.0. The molecule has 0 unspecified atom stereocenters. The predicted molar refractivity (Wildman–Crippen MR) is 95.6 cm³/mol. The van der Waals surface area contributed by atoms with Gasteiger partial charge in [0.1, 0.15) is 16.3 Å². The fourth-order valence-electron chi connectivity index (χ4n) is 2.40. The zero-order valence-corrected chi connectivity index (χ0v) is 14.1. The van der Waals surface area contributed by atoms with Crippen molar-refractivity contribution in [1.29, 1.82) is 0 Å². The second kappa shape index (κ2) is 6.83. The van der Waals surface area contributed by atoms with Crippen LogP contribution in [0.5, 0.6) is 0 Å². The maximum absolute atomic E-state index is 5.99. The second-order valence-corrected chi connectivity index (χ2v) is 6.06. The highest BCUT2D eigenvalue weighted by molar-refractivity contribution is 7.09. The van der Waals surface area contributed by atoms with Crippen molar-refractivity contribution in [2.75, 3.05) is 13.1 Å². The molecule has 0 amide bonds. The molecule has 2 heterocycles. The van der Waals surface area contributed by atoms with E-state index < -0.39 is 0 Å². The van der Waals surface area contributed by atoms with Crippen molar-refractivity contribution in [1.82, 2.24) is 9.88 Å². The van der Waals surface area contributed by atoms with E-state index in [2.05, 4.69) is 23.8 Å². The van der Waals surface area contributed by atoms with Crippen molar-refractivity contribution in [2.24, 2.45) is 10.7 Å². The Bertz CT molecular complexity index is 784. The van der Waals surface area contributed by atoms with Crippen LogP contribution in [0.1, 0.15) is 18.9 Å². The summed E-state index contributed by atoms with van der Waals surface area (Å²) in [6, 6.07) is 9.97. The number of fused-ring (bicyclic) bond motifs is 1. The van der Waals surface area contributed by atoms with Gasteiger partial charge >= 0.3 is 0 Å². The molecule has 0 radical (unpaired) electrons. The first-order valence-electron chi connectivity index (χ1n) is 7.69. The molecule has 0 saturated carbocycles. The first-order chi connectivity index (χ1) is 11.2. The van der Waals surface area contributed by atoms with Gasteiger partial charge in [-0.15, -0.1) is 11.3 Å². The lowest BCUT2D eigenvalue weighted by atomic mass is 10.2. The van der Waals surface area contributed by atoms with Gasteiger partial charge in [-0.3, -0.25) is 0 Å². The van der Waals surface area contributed by atoms with E-state index >= 15 is 0 Å². The van der Waals surface area contributed by atoms with Crippen LogP contribution in [-0.4, -0.2) is 28.9 Å². The zero-order valence-electron chi connectivity index (χ0n) is 13.3. The standard InChI is InChI=1S/C17H20N4OS/c1-3-21(4-2)17(18)19-10-16-20-13(11-23-16)15-9-12-7-5-6-8-14(12)22-15/h5-9,11H,3-4,10H2,1-2H3,(H2,18,19). The lowest BCUT2D eigenvalue weighted by Gasteiger charge is -2.18. The maximum atomic E-state index is 5.99. The van der Waals surface area contributed by atoms with Gasteiger partial charge in [-0.25, -0.2) is 9.98 Å². The lowest BCUT2D eigenvalue weighted by Crippen LogP contribution is -2.37. The van der Waals surface area contributed by atoms with Gasteiger partial charge in [0.05, 0.1) is 6.54 Å². The molecule has 2 N–H and O–H groups in total. The topological polar surface area (TPSA) is 67.7 Å². The van der Waals surface area contributed by atoms with Crippen LogP contribution in [0, 0.1) is 0 Å². The van der Waals surface area contributed by atoms with E-state index in [0.717, 1.165) is 40.5 Å². The fourth-order valence-corrected chi connectivity index (χ4v) is 3.11. The molecule has 0 saturated heterocycles. The summed E-state index contributed by atoms with van der Waals surface area (Å²) in [6.07, 6.45) is 0. The average Bonchev–Trinajstić information content (AvgIpc) is 3.20. The van der Waals surface area contributed by atoms with Crippen LogP contribution in [0.2, 0.25) is 0 Å². The third kappa shape index (κ3) is 3.37. The molecule has 0 aliphatic heterocycles. The summed E-state index contributed by atoms with van der Waals surface area (Å²) in [5, 5.41) is 4.01. The second-order valence-electron chi connectivity index (χ2n) is 5.12.